The Morgan fingerprint density at radius 2 is 1.79 bits per heavy atom. The zero-order valence-corrected chi connectivity index (χ0v) is 17.1. The monoisotopic (exact) mass is 418 g/mol. The number of halogens is 2. The molecule has 0 spiro atoms. The molecule has 0 saturated carbocycles. The Morgan fingerprint density at radius 3 is 2.50 bits per heavy atom. The van der Waals surface area contributed by atoms with Crippen molar-refractivity contribution in [3.63, 3.8) is 0 Å². The average Bonchev–Trinajstić information content (AvgIpc) is 3.00. The van der Waals surface area contributed by atoms with Crippen LogP contribution in [0.1, 0.15) is 37.4 Å². The molecule has 0 fully saturated rings. The maximum absolute atomic E-state index is 13.4. The second-order valence-electron chi connectivity index (χ2n) is 7.92. The Balaban J connectivity index is 2.02. The summed E-state index contributed by atoms with van der Waals surface area (Å²) >= 11 is 12.2. The summed E-state index contributed by atoms with van der Waals surface area (Å²) in [4.78, 5) is 26.7. The summed E-state index contributed by atoms with van der Waals surface area (Å²) in [5, 5.41) is 11.8. The molecule has 1 atom stereocenters. The highest BCUT2D eigenvalue weighted by atomic mass is 35.5. The molecule has 1 aliphatic rings. The van der Waals surface area contributed by atoms with Gasteiger partial charge in [-0.05, 0) is 68.1 Å². The Morgan fingerprint density at radius 1 is 1.11 bits per heavy atom. The molecule has 1 heterocycles. The summed E-state index contributed by atoms with van der Waals surface area (Å²) in [6.45, 7) is 3.29. The lowest BCUT2D eigenvalue weighted by Crippen LogP contribution is -2.44. The third-order valence-corrected chi connectivity index (χ3v) is 5.61. The molecule has 0 bridgehead atoms. The van der Waals surface area contributed by atoms with Gasteiger partial charge in [0.25, 0.3) is 5.56 Å². The van der Waals surface area contributed by atoms with Crippen molar-refractivity contribution >= 4 is 34.1 Å². The number of hydrogen-bond acceptors (Lipinski definition) is 3. The number of aryl methyl sites for hydroxylation is 1. The smallest absolute Gasteiger partial charge is 0.332 e. The molecule has 0 aliphatic heterocycles. The van der Waals surface area contributed by atoms with Crippen LogP contribution in [0, 0.1) is 0 Å². The van der Waals surface area contributed by atoms with Crippen LogP contribution in [0.3, 0.4) is 0 Å². The Labute approximate surface area is 171 Å². The molecule has 4 rings (SSSR count). The first-order valence-electron chi connectivity index (χ1n) is 9.11. The SMILES string of the molecule is CC(C)(O)Cn1c(=O)n(C2CCc3cc(Cl)ccc32)c(=O)c2ccc(Cl)cc21. The number of nitrogens with zero attached hydrogens (tertiary/aromatic N) is 2. The molecule has 5 nitrogen and oxygen atoms in total. The van der Waals surface area contributed by atoms with Gasteiger partial charge in [-0.25, -0.2) is 4.79 Å². The van der Waals surface area contributed by atoms with E-state index < -0.39 is 11.3 Å². The summed E-state index contributed by atoms with van der Waals surface area (Å²) in [5.74, 6) is 0. The highest BCUT2D eigenvalue weighted by molar-refractivity contribution is 6.31. The fraction of sp³-hybridized carbons (Fsp3) is 0.333. The molecular weight excluding hydrogens is 399 g/mol. The van der Waals surface area contributed by atoms with Crippen LogP contribution in [-0.2, 0) is 13.0 Å². The minimum atomic E-state index is -1.14. The number of hydrogen-bond donors (Lipinski definition) is 1. The first kappa shape index (κ1) is 19.2. The van der Waals surface area contributed by atoms with Crippen molar-refractivity contribution in [1.82, 2.24) is 9.13 Å². The zero-order chi connectivity index (χ0) is 20.2. The van der Waals surface area contributed by atoms with Crippen LogP contribution >= 0.6 is 23.2 Å². The van der Waals surface area contributed by atoms with Crippen LogP contribution in [0.15, 0.2) is 46.0 Å². The Kier molecular flexibility index (Phi) is 4.65. The molecule has 1 aliphatic carbocycles. The zero-order valence-electron chi connectivity index (χ0n) is 15.6. The minimum Gasteiger partial charge on any atom is -0.389 e. The summed E-state index contributed by atoms with van der Waals surface area (Å²) in [5.41, 5.74) is 0.477. The lowest BCUT2D eigenvalue weighted by Gasteiger charge is -2.23. The predicted octanol–water partition coefficient (Wildman–Crippen LogP) is 3.78. The van der Waals surface area contributed by atoms with Crippen molar-refractivity contribution in [1.29, 1.82) is 0 Å². The third kappa shape index (κ3) is 3.28. The number of aliphatic hydroxyl groups is 1. The van der Waals surface area contributed by atoms with Gasteiger partial charge >= 0.3 is 5.69 Å². The van der Waals surface area contributed by atoms with Crippen LogP contribution in [0.2, 0.25) is 10.0 Å². The number of fused-ring (bicyclic) bond motifs is 2. The normalized spacial score (nSPS) is 16.5. The largest absolute Gasteiger partial charge is 0.389 e. The first-order valence-corrected chi connectivity index (χ1v) is 9.86. The fourth-order valence-corrected chi connectivity index (χ4v) is 4.37. The first-order chi connectivity index (χ1) is 13.2. The van der Waals surface area contributed by atoms with Gasteiger partial charge in [0, 0.05) is 10.0 Å². The number of rotatable bonds is 3. The lowest BCUT2D eigenvalue weighted by molar-refractivity contribution is 0.0608. The summed E-state index contributed by atoms with van der Waals surface area (Å²) < 4.78 is 2.75. The van der Waals surface area contributed by atoms with Crippen molar-refractivity contribution < 1.29 is 5.11 Å². The van der Waals surface area contributed by atoms with Gasteiger partial charge in [0.05, 0.1) is 29.1 Å². The standard InChI is InChI=1S/C21H20Cl2N2O3/c1-21(2,28)11-24-18-10-14(23)5-7-16(18)19(26)25(20(24)27)17-8-3-12-9-13(22)4-6-15(12)17/h4-7,9-10,17,28H,3,8,11H2,1-2H3. The topological polar surface area (TPSA) is 64.2 Å². The molecule has 0 saturated heterocycles. The average molecular weight is 419 g/mol. The highest BCUT2D eigenvalue weighted by Crippen LogP contribution is 2.34. The van der Waals surface area contributed by atoms with E-state index in [1.165, 1.54) is 9.13 Å². The molecule has 3 aromatic rings. The van der Waals surface area contributed by atoms with Gasteiger partial charge in [0.1, 0.15) is 0 Å². The predicted molar refractivity (Wildman–Crippen MR) is 112 cm³/mol. The second kappa shape index (κ2) is 6.76. The molecule has 1 unspecified atom stereocenters. The maximum Gasteiger partial charge on any atom is 0.332 e. The van der Waals surface area contributed by atoms with Gasteiger partial charge in [-0.1, -0.05) is 29.3 Å². The summed E-state index contributed by atoms with van der Waals surface area (Å²) in [6, 6.07) is 10.1. The molecule has 1 aromatic heterocycles. The molecule has 146 valence electrons. The van der Waals surface area contributed by atoms with Crippen LogP contribution in [0.25, 0.3) is 10.9 Å². The van der Waals surface area contributed by atoms with Crippen molar-refractivity contribution in [2.45, 2.75) is 44.9 Å². The van der Waals surface area contributed by atoms with Gasteiger partial charge in [-0.3, -0.25) is 13.9 Å². The quantitative estimate of drug-likeness (QED) is 0.703. The van der Waals surface area contributed by atoms with Crippen molar-refractivity contribution in [2.75, 3.05) is 0 Å². The van der Waals surface area contributed by atoms with E-state index in [-0.39, 0.29) is 18.1 Å². The molecule has 2 aromatic carbocycles. The number of aromatic nitrogens is 2. The van der Waals surface area contributed by atoms with Gasteiger partial charge < -0.3 is 5.11 Å². The van der Waals surface area contributed by atoms with E-state index in [2.05, 4.69) is 0 Å². The maximum atomic E-state index is 13.4. The van der Waals surface area contributed by atoms with E-state index in [0.717, 1.165) is 17.5 Å². The van der Waals surface area contributed by atoms with Crippen LogP contribution in [-0.4, -0.2) is 19.8 Å². The van der Waals surface area contributed by atoms with E-state index >= 15 is 0 Å². The van der Waals surface area contributed by atoms with Gasteiger partial charge in [0.2, 0.25) is 0 Å². The molecule has 0 radical (unpaired) electrons. The third-order valence-electron chi connectivity index (χ3n) is 5.14. The van der Waals surface area contributed by atoms with E-state index in [4.69, 9.17) is 23.2 Å². The summed E-state index contributed by atoms with van der Waals surface area (Å²) in [6.07, 6.45) is 1.39. The molecule has 1 N–H and O–H groups in total. The van der Waals surface area contributed by atoms with E-state index in [9.17, 15) is 14.7 Å². The number of benzene rings is 2. The highest BCUT2D eigenvalue weighted by Gasteiger charge is 2.29. The van der Waals surface area contributed by atoms with Crippen LogP contribution in [0.5, 0.6) is 0 Å². The molecule has 0 amide bonds. The molecule has 28 heavy (non-hydrogen) atoms. The van der Waals surface area contributed by atoms with Crippen LogP contribution in [0.4, 0.5) is 0 Å². The van der Waals surface area contributed by atoms with E-state index in [1.807, 2.05) is 12.1 Å². The van der Waals surface area contributed by atoms with Crippen molar-refractivity contribution in [3.05, 3.63) is 78.4 Å². The van der Waals surface area contributed by atoms with Gasteiger partial charge in [-0.2, -0.15) is 0 Å². The van der Waals surface area contributed by atoms with E-state index in [0.29, 0.717) is 27.4 Å². The minimum absolute atomic E-state index is 0.0448. The van der Waals surface area contributed by atoms with Gasteiger partial charge in [0.15, 0.2) is 0 Å². The molecular formula is C21H20Cl2N2O3. The lowest BCUT2D eigenvalue weighted by atomic mass is 10.1. The second-order valence-corrected chi connectivity index (χ2v) is 8.79. The van der Waals surface area contributed by atoms with Crippen molar-refractivity contribution in [3.8, 4) is 0 Å². The fourth-order valence-electron chi connectivity index (χ4n) is 4.01. The van der Waals surface area contributed by atoms with Gasteiger partial charge in [-0.15, -0.1) is 0 Å². The Hall–Kier alpha value is -2.08. The van der Waals surface area contributed by atoms with Crippen molar-refractivity contribution in [2.24, 2.45) is 0 Å². The summed E-state index contributed by atoms with van der Waals surface area (Å²) in [7, 11) is 0. The Bertz CT molecular complexity index is 1210. The van der Waals surface area contributed by atoms with Crippen LogP contribution < -0.4 is 11.2 Å². The van der Waals surface area contributed by atoms with E-state index in [1.54, 1.807) is 38.1 Å². The molecule has 7 heteroatoms.